The van der Waals surface area contributed by atoms with Gasteiger partial charge in [0.2, 0.25) is 5.91 Å². The van der Waals surface area contributed by atoms with E-state index in [1.807, 2.05) is 0 Å². The Morgan fingerprint density at radius 3 is 2.79 bits per heavy atom. The van der Waals surface area contributed by atoms with Crippen molar-refractivity contribution in [3.8, 4) is 0 Å². The van der Waals surface area contributed by atoms with E-state index < -0.39 is 9.84 Å². The van der Waals surface area contributed by atoms with Gasteiger partial charge in [0.15, 0.2) is 9.84 Å². The fourth-order valence-electron chi connectivity index (χ4n) is 2.60. The molecule has 9 heteroatoms. The van der Waals surface area contributed by atoms with Crippen LogP contribution in [0.1, 0.15) is 26.2 Å². The van der Waals surface area contributed by atoms with E-state index in [-0.39, 0.29) is 34.2 Å². The number of hydrogen-bond donors (Lipinski definition) is 0. The fourth-order valence-corrected chi connectivity index (χ4v) is 5.99. The third-order valence-corrected chi connectivity index (χ3v) is 7.75. The standard InChI is InChI=1S/C15H20BrNO5S2/c1-2-22-15(19)11-4-3-8-17(10-11)13(18)7-9-24(20,21)14-6-5-12(16)23-14/h5-6,11H,2-4,7-10H2,1H3. The van der Waals surface area contributed by atoms with Gasteiger partial charge in [-0.1, -0.05) is 0 Å². The van der Waals surface area contributed by atoms with Crippen molar-refractivity contribution in [1.82, 2.24) is 4.90 Å². The SMILES string of the molecule is CCOC(=O)C1CCCN(C(=O)CCS(=O)(=O)c2ccc(Br)s2)C1. The summed E-state index contributed by atoms with van der Waals surface area (Å²) in [4.78, 5) is 25.7. The Morgan fingerprint density at radius 1 is 1.42 bits per heavy atom. The number of ether oxygens (including phenoxy) is 1. The lowest BCUT2D eigenvalue weighted by Crippen LogP contribution is -2.43. The number of halogens is 1. The summed E-state index contributed by atoms with van der Waals surface area (Å²) in [6, 6.07) is 3.21. The lowest BCUT2D eigenvalue weighted by Gasteiger charge is -2.31. The molecule has 0 radical (unpaired) electrons. The minimum atomic E-state index is -3.46. The van der Waals surface area contributed by atoms with Crippen LogP contribution in [0, 0.1) is 5.92 Å². The van der Waals surface area contributed by atoms with Crippen molar-refractivity contribution in [3.63, 3.8) is 0 Å². The van der Waals surface area contributed by atoms with Gasteiger partial charge in [-0.15, -0.1) is 11.3 Å². The van der Waals surface area contributed by atoms with Crippen LogP contribution in [-0.4, -0.2) is 50.6 Å². The number of amides is 1. The van der Waals surface area contributed by atoms with Crippen LogP contribution < -0.4 is 0 Å². The lowest BCUT2D eigenvalue weighted by atomic mass is 9.98. The van der Waals surface area contributed by atoms with Crippen LogP contribution in [-0.2, 0) is 24.2 Å². The molecule has 1 aromatic rings. The average Bonchev–Trinajstić information content (AvgIpc) is 3.00. The molecular weight excluding hydrogens is 418 g/mol. The summed E-state index contributed by atoms with van der Waals surface area (Å²) in [6.07, 6.45) is 1.34. The first-order valence-corrected chi connectivity index (χ1v) is 11.0. The highest BCUT2D eigenvalue weighted by atomic mass is 79.9. The molecule has 1 saturated heterocycles. The Hall–Kier alpha value is -0.930. The molecule has 0 saturated carbocycles. The first-order chi connectivity index (χ1) is 11.3. The molecule has 1 fully saturated rings. The van der Waals surface area contributed by atoms with Crippen LogP contribution in [0.2, 0.25) is 0 Å². The quantitative estimate of drug-likeness (QED) is 0.638. The second-order valence-electron chi connectivity index (χ2n) is 5.56. The van der Waals surface area contributed by atoms with Crippen molar-refractivity contribution in [1.29, 1.82) is 0 Å². The summed E-state index contributed by atoms with van der Waals surface area (Å²) in [5.74, 6) is -1.05. The molecule has 0 bridgehead atoms. The maximum atomic E-state index is 12.3. The predicted octanol–water partition coefficient (Wildman–Crippen LogP) is 2.48. The van der Waals surface area contributed by atoms with E-state index >= 15 is 0 Å². The van der Waals surface area contributed by atoms with Gasteiger partial charge in [-0.3, -0.25) is 9.59 Å². The van der Waals surface area contributed by atoms with E-state index in [1.54, 1.807) is 17.9 Å². The van der Waals surface area contributed by atoms with Crippen LogP contribution in [0.5, 0.6) is 0 Å². The zero-order valence-corrected chi connectivity index (χ0v) is 16.6. The van der Waals surface area contributed by atoms with E-state index in [2.05, 4.69) is 15.9 Å². The van der Waals surface area contributed by atoms with Crippen molar-refractivity contribution in [2.24, 2.45) is 5.92 Å². The Kier molecular flexibility index (Phi) is 6.82. The number of piperidine rings is 1. The van der Waals surface area contributed by atoms with E-state index in [0.29, 0.717) is 26.1 Å². The van der Waals surface area contributed by atoms with Crippen molar-refractivity contribution >= 4 is 49.0 Å². The summed E-state index contributed by atoms with van der Waals surface area (Å²) in [5, 5.41) is 0. The van der Waals surface area contributed by atoms with E-state index in [9.17, 15) is 18.0 Å². The molecule has 6 nitrogen and oxygen atoms in total. The molecule has 1 aliphatic heterocycles. The fraction of sp³-hybridized carbons (Fsp3) is 0.600. The Morgan fingerprint density at radius 2 is 2.17 bits per heavy atom. The second kappa shape index (κ2) is 8.44. The van der Waals surface area contributed by atoms with Crippen molar-refractivity contribution in [2.75, 3.05) is 25.4 Å². The van der Waals surface area contributed by atoms with Crippen LogP contribution in [0.15, 0.2) is 20.1 Å². The minimum Gasteiger partial charge on any atom is -0.466 e. The monoisotopic (exact) mass is 437 g/mol. The molecule has 0 N–H and O–H groups in total. The lowest BCUT2D eigenvalue weighted by molar-refractivity contribution is -0.151. The van der Waals surface area contributed by atoms with Crippen LogP contribution in [0.4, 0.5) is 0 Å². The summed E-state index contributed by atoms with van der Waals surface area (Å²) in [5.41, 5.74) is 0. The molecule has 1 amide bonds. The first-order valence-electron chi connectivity index (χ1n) is 7.76. The number of carbonyl (C=O) groups excluding carboxylic acids is 2. The van der Waals surface area contributed by atoms with Crippen LogP contribution >= 0.6 is 27.3 Å². The molecule has 134 valence electrons. The summed E-state index contributed by atoms with van der Waals surface area (Å²) >= 11 is 4.37. The van der Waals surface area contributed by atoms with E-state index in [4.69, 9.17) is 4.74 Å². The summed E-state index contributed by atoms with van der Waals surface area (Å²) in [6.45, 7) is 2.93. The zero-order valence-electron chi connectivity index (χ0n) is 13.4. The maximum Gasteiger partial charge on any atom is 0.310 e. The molecule has 24 heavy (non-hydrogen) atoms. The van der Waals surface area contributed by atoms with Gasteiger partial charge in [0.25, 0.3) is 0 Å². The maximum absolute atomic E-state index is 12.3. The van der Waals surface area contributed by atoms with Crippen LogP contribution in [0.3, 0.4) is 0 Å². The third kappa shape index (κ3) is 5.03. The molecule has 2 heterocycles. The third-order valence-electron chi connectivity index (χ3n) is 3.83. The van der Waals surface area contributed by atoms with Gasteiger partial charge in [0.1, 0.15) is 4.21 Å². The van der Waals surface area contributed by atoms with E-state index in [1.165, 1.54) is 6.07 Å². The number of carbonyl (C=O) groups is 2. The number of hydrogen-bond acceptors (Lipinski definition) is 6. The largest absolute Gasteiger partial charge is 0.466 e. The molecule has 1 aliphatic rings. The van der Waals surface area contributed by atoms with Gasteiger partial charge < -0.3 is 9.64 Å². The minimum absolute atomic E-state index is 0.0760. The molecule has 2 rings (SSSR count). The van der Waals surface area contributed by atoms with Gasteiger partial charge in [0.05, 0.1) is 22.1 Å². The second-order valence-corrected chi connectivity index (χ2v) is 10.4. The molecule has 1 aromatic heterocycles. The predicted molar refractivity (Wildman–Crippen MR) is 94.6 cm³/mol. The van der Waals surface area contributed by atoms with Gasteiger partial charge in [-0.2, -0.15) is 0 Å². The number of thiophene rings is 1. The zero-order chi connectivity index (χ0) is 17.7. The molecule has 0 aromatic carbocycles. The topological polar surface area (TPSA) is 80.8 Å². The number of rotatable bonds is 6. The number of nitrogens with zero attached hydrogens (tertiary/aromatic N) is 1. The smallest absolute Gasteiger partial charge is 0.310 e. The molecule has 1 unspecified atom stereocenters. The highest BCUT2D eigenvalue weighted by molar-refractivity contribution is 9.11. The normalized spacial score (nSPS) is 18.4. The Labute approximate surface area is 154 Å². The Bertz CT molecular complexity index is 700. The Balaban J connectivity index is 1.91. The molecule has 0 aliphatic carbocycles. The first kappa shape index (κ1) is 19.4. The van der Waals surface area contributed by atoms with Gasteiger partial charge in [-0.25, -0.2) is 8.42 Å². The average molecular weight is 438 g/mol. The van der Waals surface area contributed by atoms with Crippen LogP contribution in [0.25, 0.3) is 0 Å². The number of likely N-dealkylation sites (tertiary alicyclic amines) is 1. The summed E-state index contributed by atoms with van der Waals surface area (Å²) in [7, 11) is -3.46. The van der Waals surface area contributed by atoms with Gasteiger partial charge in [-0.05, 0) is 47.8 Å². The van der Waals surface area contributed by atoms with E-state index in [0.717, 1.165) is 21.5 Å². The van der Waals surface area contributed by atoms with Gasteiger partial charge in [0, 0.05) is 19.5 Å². The molecular formula is C15H20BrNO5S2. The number of esters is 1. The highest BCUT2D eigenvalue weighted by Crippen LogP contribution is 2.27. The molecule has 1 atom stereocenters. The summed E-state index contributed by atoms with van der Waals surface area (Å²) < 4.78 is 30.5. The van der Waals surface area contributed by atoms with Crippen molar-refractivity contribution < 1.29 is 22.7 Å². The molecule has 0 spiro atoms. The van der Waals surface area contributed by atoms with Crippen molar-refractivity contribution in [2.45, 2.75) is 30.4 Å². The number of sulfone groups is 1. The highest BCUT2D eigenvalue weighted by Gasteiger charge is 2.30. The van der Waals surface area contributed by atoms with Gasteiger partial charge >= 0.3 is 5.97 Å². The van der Waals surface area contributed by atoms with Crippen molar-refractivity contribution in [3.05, 3.63) is 15.9 Å².